The van der Waals surface area contributed by atoms with Gasteiger partial charge in [0, 0.05) is 58.3 Å². The van der Waals surface area contributed by atoms with Crippen LogP contribution in [-0.2, 0) is 24.5 Å². The first-order valence-corrected chi connectivity index (χ1v) is 12.1. The third-order valence-corrected chi connectivity index (χ3v) is 7.70. The van der Waals surface area contributed by atoms with Gasteiger partial charge in [-0.2, -0.15) is 17.0 Å². The molecule has 0 spiro atoms. The number of carbonyl (C=O) groups excluding carboxylic acids is 2. The molecule has 30 heavy (non-hydrogen) atoms. The molecule has 0 aliphatic carbocycles. The highest BCUT2D eigenvalue weighted by Crippen LogP contribution is 2.23. The lowest BCUT2D eigenvalue weighted by Gasteiger charge is -2.39. The molecule has 172 valence electrons. The van der Waals surface area contributed by atoms with Crippen LogP contribution in [-0.4, -0.2) is 110 Å². The average molecular weight is 447 g/mol. The smallest absolute Gasteiger partial charge is 0.410 e. The number of piperazine rings is 1. The van der Waals surface area contributed by atoms with Gasteiger partial charge in [0.15, 0.2) is 0 Å². The van der Waals surface area contributed by atoms with E-state index in [0.717, 1.165) is 0 Å². The summed E-state index contributed by atoms with van der Waals surface area (Å²) in [5.41, 5.74) is -0.537. The van der Waals surface area contributed by atoms with E-state index >= 15 is 0 Å². The molecule has 3 fully saturated rings. The van der Waals surface area contributed by atoms with Gasteiger partial charge >= 0.3 is 6.09 Å². The normalized spacial score (nSPS) is 23.4. The maximum atomic E-state index is 12.9. The van der Waals surface area contributed by atoms with Gasteiger partial charge in [-0.25, -0.2) is 4.79 Å². The average Bonchev–Trinajstić information content (AvgIpc) is 2.73. The van der Waals surface area contributed by atoms with Gasteiger partial charge in [0.1, 0.15) is 5.60 Å². The summed E-state index contributed by atoms with van der Waals surface area (Å²) < 4.78 is 39.1. The van der Waals surface area contributed by atoms with Crippen LogP contribution >= 0.6 is 0 Å². The van der Waals surface area contributed by atoms with Crippen LogP contribution in [0.4, 0.5) is 4.79 Å². The summed E-state index contributed by atoms with van der Waals surface area (Å²) in [6, 6.07) is 0. The van der Waals surface area contributed by atoms with Crippen molar-refractivity contribution in [3.8, 4) is 0 Å². The molecule has 0 aromatic carbocycles. The fourth-order valence-corrected chi connectivity index (χ4v) is 5.54. The molecule has 0 unspecified atom stereocenters. The standard InChI is InChI=1S/C19H34N4O6S/c1-19(2,3)29-18(25)21-6-4-16(5-7-21)17(24)20-8-10-22(11-9-20)30(26,27)23-12-14-28-15-13-23/h16H,4-15H2,1-3H3. The number of likely N-dealkylation sites (tertiary alicyclic amines) is 1. The van der Waals surface area contributed by atoms with Gasteiger partial charge in [0.25, 0.3) is 10.2 Å². The summed E-state index contributed by atoms with van der Waals surface area (Å²) >= 11 is 0. The van der Waals surface area contributed by atoms with E-state index in [1.54, 1.807) is 9.80 Å². The lowest BCUT2D eigenvalue weighted by molar-refractivity contribution is -0.138. The van der Waals surface area contributed by atoms with Crippen molar-refractivity contribution in [1.29, 1.82) is 0 Å². The second kappa shape index (κ2) is 9.37. The molecule has 3 aliphatic heterocycles. The molecule has 10 nitrogen and oxygen atoms in total. The predicted octanol–water partition coefficient (Wildman–Crippen LogP) is 0.355. The van der Waals surface area contributed by atoms with E-state index in [2.05, 4.69) is 0 Å². The van der Waals surface area contributed by atoms with Crippen LogP contribution in [0.2, 0.25) is 0 Å². The van der Waals surface area contributed by atoms with Crippen LogP contribution in [0.15, 0.2) is 0 Å². The van der Waals surface area contributed by atoms with Gasteiger partial charge in [-0.1, -0.05) is 0 Å². The highest BCUT2D eigenvalue weighted by molar-refractivity contribution is 7.86. The van der Waals surface area contributed by atoms with Crippen LogP contribution in [0.5, 0.6) is 0 Å². The molecule has 0 atom stereocenters. The molecule has 0 N–H and O–H groups in total. The highest BCUT2D eigenvalue weighted by atomic mass is 32.2. The SMILES string of the molecule is CC(C)(C)OC(=O)N1CCC(C(=O)N2CCN(S(=O)(=O)N3CCOCC3)CC2)CC1. The van der Waals surface area contributed by atoms with E-state index in [-0.39, 0.29) is 17.9 Å². The lowest BCUT2D eigenvalue weighted by Crippen LogP contribution is -2.56. The summed E-state index contributed by atoms with van der Waals surface area (Å²) in [6.07, 6.45) is 0.865. The van der Waals surface area contributed by atoms with E-state index in [9.17, 15) is 18.0 Å². The maximum absolute atomic E-state index is 12.9. The molecule has 0 aromatic rings. The Morgan fingerprint density at radius 2 is 1.37 bits per heavy atom. The molecule has 3 saturated heterocycles. The number of nitrogens with zero attached hydrogens (tertiary/aromatic N) is 4. The van der Waals surface area contributed by atoms with Gasteiger partial charge in [0.05, 0.1) is 13.2 Å². The van der Waals surface area contributed by atoms with E-state index in [1.807, 2.05) is 20.8 Å². The molecule has 3 aliphatic rings. The maximum Gasteiger partial charge on any atom is 0.410 e. The summed E-state index contributed by atoms with van der Waals surface area (Å²) in [5, 5.41) is 0. The zero-order valence-corrected chi connectivity index (χ0v) is 19.0. The van der Waals surface area contributed by atoms with Crippen molar-refractivity contribution in [2.24, 2.45) is 5.92 Å². The van der Waals surface area contributed by atoms with Crippen LogP contribution in [0.25, 0.3) is 0 Å². The van der Waals surface area contributed by atoms with Gasteiger partial charge in [-0.15, -0.1) is 0 Å². The Morgan fingerprint density at radius 1 is 0.833 bits per heavy atom. The topological polar surface area (TPSA) is 99.7 Å². The van der Waals surface area contributed by atoms with E-state index in [1.165, 1.54) is 8.61 Å². The van der Waals surface area contributed by atoms with Crippen molar-refractivity contribution in [2.75, 3.05) is 65.6 Å². The zero-order valence-electron chi connectivity index (χ0n) is 18.2. The largest absolute Gasteiger partial charge is 0.444 e. The van der Waals surface area contributed by atoms with Crippen molar-refractivity contribution in [3.63, 3.8) is 0 Å². The molecular formula is C19H34N4O6S. The Balaban J connectivity index is 1.46. The minimum Gasteiger partial charge on any atom is -0.444 e. The van der Waals surface area contributed by atoms with E-state index in [4.69, 9.17) is 9.47 Å². The third-order valence-electron chi connectivity index (χ3n) is 5.67. The number of amides is 2. The summed E-state index contributed by atoms with van der Waals surface area (Å²) in [7, 11) is -3.50. The molecule has 0 bridgehead atoms. The number of hydrogen-bond donors (Lipinski definition) is 0. The number of hydrogen-bond acceptors (Lipinski definition) is 6. The van der Waals surface area contributed by atoms with Gasteiger partial charge in [0.2, 0.25) is 5.91 Å². The molecule has 3 rings (SSSR count). The molecule has 3 heterocycles. The zero-order chi connectivity index (χ0) is 21.9. The van der Waals surface area contributed by atoms with Crippen molar-refractivity contribution < 1.29 is 27.5 Å². The number of morpholine rings is 1. The predicted molar refractivity (Wildman–Crippen MR) is 110 cm³/mol. The fourth-order valence-electron chi connectivity index (χ4n) is 3.97. The Morgan fingerprint density at radius 3 is 1.90 bits per heavy atom. The quantitative estimate of drug-likeness (QED) is 0.621. The summed E-state index contributed by atoms with van der Waals surface area (Å²) in [4.78, 5) is 28.5. The number of ether oxygens (including phenoxy) is 2. The van der Waals surface area contributed by atoms with Crippen LogP contribution in [0.3, 0.4) is 0 Å². The van der Waals surface area contributed by atoms with Gasteiger partial charge in [-0.05, 0) is 33.6 Å². The first kappa shape index (κ1) is 23.2. The summed E-state index contributed by atoms with van der Waals surface area (Å²) in [5.74, 6) is -0.0756. The molecule has 0 radical (unpaired) electrons. The Bertz CT molecular complexity index is 716. The number of piperidine rings is 1. The molecule has 0 saturated carbocycles. The lowest BCUT2D eigenvalue weighted by atomic mass is 9.95. The minimum absolute atomic E-state index is 0.0576. The number of rotatable bonds is 3. The molecule has 2 amide bonds. The van der Waals surface area contributed by atoms with Crippen LogP contribution < -0.4 is 0 Å². The Kier molecular flexibility index (Phi) is 7.26. The monoisotopic (exact) mass is 446 g/mol. The van der Waals surface area contributed by atoms with Gasteiger partial charge < -0.3 is 19.3 Å². The highest BCUT2D eigenvalue weighted by Gasteiger charge is 2.37. The first-order valence-electron chi connectivity index (χ1n) is 10.7. The number of carbonyl (C=O) groups is 2. The van der Waals surface area contributed by atoms with Crippen molar-refractivity contribution in [3.05, 3.63) is 0 Å². The third kappa shape index (κ3) is 5.63. The van der Waals surface area contributed by atoms with Crippen molar-refractivity contribution >= 4 is 22.2 Å². The fraction of sp³-hybridized carbons (Fsp3) is 0.895. The minimum atomic E-state index is -3.50. The van der Waals surface area contributed by atoms with Crippen LogP contribution in [0, 0.1) is 5.92 Å². The Hall–Kier alpha value is -1.43. The second-order valence-corrected chi connectivity index (χ2v) is 10.9. The second-order valence-electron chi connectivity index (χ2n) is 8.99. The van der Waals surface area contributed by atoms with Crippen molar-refractivity contribution in [1.82, 2.24) is 18.4 Å². The first-order chi connectivity index (χ1) is 14.1. The summed E-state index contributed by atoms with van der Waals surface area (Å²) in [6.45, 7) is 9.48. The van der Waals surface area contributed by atoms with E-state index in [0.29, 0.717) is 78.4 Å². The Labute approximate surface area is 179 Å². The molecular weight excluding hydrogens is 412 g/mol. The molecule has 11 heteroatoms. The van der Waals surface area contributed by atoms with Gasteiger partial charge in [-0.3, -0.25) is 4.79 Å². The van der Waals surface area contributed by atoms with Crippen molar-refractivity contribution in [2.45, 2.75) is 39.2 Å². The van der Waals surface area contributed by atoms with Crippen LogP contribution in [0.1, 0.15) is 33.6 Å². The molecule has 0 aromatic heterocycles. The van der Waals surface area contributed by atoms with E-state index < -0.39 is 15.8 Å².